The van der Waals surface area contributed by atoms with Gasteiger partial charge in [0.05, 0.1) is 5.39 Å². The van der Waals surface area contributed by atoms with Crippen molar-refractivity contribution in [2.24, 2.45) is 5.92 Å². The van der Waals surface area contributed by atoms with E-state index < -0.39 is 0 Å². The minimum Gasteiger partial charge on any atom is -0.368 e. The van der Waals surface area contributed by atoms with Crippen molar-refractivity contribution in [3.8, 4) is 11.4 Å². The molecule has 0 atom stereocenters. The number of anilines is 1. The third kappa shape index (κ3) is 5.99. The summed E-state index contributed by atoms with van der Waals surface area (Å²) in [6, 6.07) is 18.1. The Hall–Kier alpha value is -4.27. The van der Waals surface area contributed by atoms with Crippen LogP contribution in [0.3, 0.4) is 0 Å². The van der Waals surface area contributed by atoms with Crippen molar-refractivity contribution >= 4 is 28.7 Å². The molecule has 196 valence electrons. The molecular formula is C29H31FN6O2. The van der Waals surface area contributed by atoms with Gasteiger partial charge in [0.1, 0.15) is 23.0 Å². The van der Waals surface area contributed by atoms with E-state index in [0.717, 1.165) is 35.8 Å². The van der Waals surface area contributed by atoms with Crippen molar-refractivity contribution in [3.05, 3.63) is 77.7 Å². The third-order valence-corrected chi connectivity index (χ3v) is 6.88. The summed E-state index contributed by atoms with van der Waals surface area (Å²) < 4.78 is 13.2. The predicted octanol–water partition coefficient (Wildman–Crippen LogP) is 4.41. The Morgan fingerprint density at radius 2 is 1.76 bits per heavy atom. The van der Waals surface area contributed by atoms with Crippen molar-refractivity contribution in [2.45, 2.75) is 26.2 Å². The van der Waals surface area contributed by atoms with Crippen molar-refractivity contribution < 1.29 is 14.0 Å². The number of carbonyl (C=O) groups is 2. The van der Waals surface area contributed by atoms with Crippen LogP contribution in [0.25, 0.3) is 22.4 Å². The number of benzene rings is 2. The molecule has 9 heteroatoms. The summed E-state index contributed by atoms with van der Waals surface area (Å²) >= 11 is 0. The Labute approximate surface area is 220 Å². The number of hydrogen-bond donors (Lipinski definition) is 3. The quantitative estimate of drug-likeness (QED) is 0.302. The molecule has 38 heavy (non-hydrogen) atoms. The van der Waals surface area contributed by atoms with E-state index >= 15 is 0 Å². The topological polar surface area (TPSA) is 103 Å². The molecule has 0 unspecified atom stereocenters. The van der Waals surface area contributed by atoms with Crippen molar-refractivity contribution in [1.29, 1.82) is 0 Å². The number of hydrogen-bond acceptors (Lipinski definition) is 5. The first-order valence-electron chi connectivity index (χ1n) is 12.9. The van der Waals surface area contributed by atoms with Crippen LogP contribution < -0.4 is 10.6 Å². The summed E-state index contributed by atoms with van der Waals surface area (Å²) in [5, 5.41) is 6.77. The maximum atomic E-state index is 13.4. The summed E-state index contributed by atoms with van der Waals surface area (Å²) in [5.74, 6) is 1.23. The van der Waals surface area contributed by atoms with Crippen LogP contribution in [-0.4, -0.2) is 57.8 Å². The van der Waals surface area contributed by atoms with Crippen LogP contribution in [0.1, 0.15) is 35.8 Å². The number of aromatic amines is 1. The number of carbonyl (C=O) groups excluding carboxylic acids is 2. The van der Waals surface area contributed by atoms with Gasteiger partial charge < -0.3 is 20.5 Å². The maximum Gasteiger partial charge on any atom is 0.270 e. The molecule has 8 nitrogen and oxygen atoms in total. The van der Waals surface area contributed by atoms with Crippen LogP contribution in [0.15, 0.2) is 60.7 Å². The minimum absolute atomic E-state index is 0.0614. The molecule has 3 heterocycles. The predicted molar refractivity (Wildman–Crippen MR) is 145 cm³/mol. The van der Waals surface area contributed by atoms with E-state index in [4.69, 9.17) is 9.97 Å². The van der Waals surface area contributed by atoms with E-state index in [9.17, 15) is 14.0 Å². The monoisotopic (exact) mass is 514 g/mol. The van der Waals surface area contributed by atoms with E-state index in [1.165, 1.54) is 19.1 Å². The highest BCUT2D eigenvalue weighted by Crippen LogP contribution is 2.28. The van der Waals surface area contributed by atoms with Gasteiger partial charge >= 0.3 is 0 Å². The first-order valence-corrected chi connectivity index (χ1v) is 12.9. The van der Waals surface area contributed by atoms with Gasteiger partial charge in [0.2, 0.25) is 5.91 Å². The van der Waals surface area contributed by atoms with E-state index in [1.54, 1.807) is 6.07 Å². The van der Waals surface area contributed by atoms with Gasteiger partial charge in [0, 0.05) is 38.7 Å². The van der Waals surface area contributed by atoms with E-state index in [1.807, 2.05) is 47.4 Å². The number of amides is 2. The Balaban J connectivity index is 1.32. The van der Waals surface area contributed by atoms with Gasteiger partial charge in [-0.05, 0) is 48.9 Å². The summed E-state index contributed by atoms with van der Waals surface area (Å²) in [7, 11) is 0. The molecule has 1 saturated heterocycles. The molecule has 3 N–H and O–H groups in total. The van der Waals surface area contributed by atoms with Crippen LogP contribution >= 0.6 is 0 Å². The lowest BCUT2D eigenvalue weighted by Crippen LogP contribution is -2.39. The second-order valence-corrected chi connectivity index (χ2v) is 9.68. The number of aromatic nitrogens is 3. The number of nitrogens with one attached hydrogen (secondary N) is 3. The van der Waals surface area contributed by atoms with Gasteiger partial charge in [-0.1, -0.05) is 42.5 Å². The molecule has 2 aromatic heterocycles. The minimum atomic E-state index is -0.223. The van der Waals surface area contributed by atoms with Gasteiger partial charge in [0.15, 0.2) is 5.82 Å². The molecule has 2 aromatic carbocycles. The average Bonchev–Trinajstić information content (AvgIpc) is 3.37. The first-order chi connectivity index (χ1) is 18.5. The van der Waals surface area contributed by atoms with Crippen LogP contribution in [0.4, 0.5) is 10.2 Å². The lowest BCUT2D eigenvalue weighted by atomic mass is 9.90. The van der Waals surface area contributed by atoms with Gasteiger partial charge in [-0.25, -0.2) is 14.4 Å². The fourth-order valence-corrected chi connectivity index (χ4v) is 4.86. The van der Waals surface area contributed by atoms with Crippen molar-refractivity contribution in [2.75, 3.05) is 31.5 Å². The lowest BCUT2D eigenvalue weighted by Gasteiger charge is -2.31. The smallest absolute Gasteiger partial charge is 0.270 e. The van der Waals surface area contributed by atoms with Crippen LogP contribution in [0.2, 0.25) is 0 Å². The zero-order chi connectivity index (χ0) is 26.5. The number of fused-ring (bicyclic) bond motifs is 1. The second kappa shape index (κ2) is 11.4. The fourth-order valence-electron chi connectivity index (χ4n) is 4.86. The van der Waals surface area contributed by atoms with Crippen molar-refractivity contribution in [1.82, 2.24) is 25.2 Å². The Bertz CT molecular complexity index is 1410. The first kappa shape index (κ1) is 25.4. The van der Waals surface area contributed by atoms with E-state index in [0.29, 0.717) is 55.1 Å². The largest absolute Gasteiger partial charge is 0.368 e. The third-order valence-electron chi connectivity index (χ3n) is 6.88. The summed E-state index contributed by atoms with van der Waals surface area (Å²) in [6.07, 6.45) is 2.69. The van der Waals surface area contributed by atoms with Gasteiger partial charge in [-0.3, -0.25) is 9.59 Å². The Morgan fingerprint density at radius 3 is 2.47 bits per heavy atom. The highest BCUT2D eigenvalue weighted by atomic mass is 19.1. The lowest BCUT2D eigenvalue weighted by molar-refractivity contribution is -0.118. The number of halogens is 1. The molecule has 4 aromatic rings. The zero-order valence-electron chi connectivity index (χ0n) is 21.3. The molecule has 0 bridgehead atoms. The molecule has 0 radical (unpaired) electrons. The van der Waals surface area contributed by atoms with Gasteiger partial charge in [-0.15, -0.1) is 0 Å². The van der Waals surface area contributed by atoms with Crippen LogP contribution in [0.5, 0.6) is 0 Å². The van der Waals surface area contributed by atoms with Gasteiger partial charge in [0.25, 0.3) is 5.91 Å². The van der Waals surface area contributed by atoms with Crippen molar-refractivity contribution in [3.63, 3.8) is 0 Å². The van der Waals surface area contributed by atoms with E-state index in [2.05, 4.69) is 15.6 Å². The Morgan fingerprint density at radius 1 is 1.03 bits per heavy atom. The number of likely N-dealkylation sites (tertiary alicyclic amines) is 1. The Kier molecular flexibility index (Phi) is 7.62. The summed E-state index contributed by atoms with van der Waals surface area (Å²) in [4.78, 5) is 39.2. The maximum absolute atomic E-state index is 13.4. The van der Waals surface area contributed by atoms with Crippen LogP contribution in [0, 0.1) is 11.7 Å². The molecule has 2 amide bonds. The highest BCUT2D eigenvalue weighted by Gasteiger charge is 2.25. The van der Waals surface area contributed by atoms with Crippen LogP contribution in [-0.2, 0) is 11.2 Å². The number of H-pyrrole nitrogens is 1. The normalized spacial score (nSPS) is 14.0. The number of piperidine rings is 1. The molecule has 1 aliphatic heterocycles. The zero-order valence-corrected chi connectivity index (χ0v) is 21.3. The molecule has 0 spiro atoms. The van der Waals surface area contributed by atoms with Gasteiger partial charge in [-0.2, -0.15) is 0 Å². The summed E-state index contributed by atoms with van der Waals surface area (Å²) in [6.45, 7) is 3.75. The number of nitrogens with zero attached hydrogens (tertiary/aromatic N) is 3. The average molecular weight is 515 g/mol. The molecule has 0 aliphatic carbocycles. The molecule has 5 rings (SSSR count). The fraction of sp³-hybridized carbons (Fsp3) is 0.310. The highest BCUT2D eigenvalue weighted by molar-refractivity contribution is 6.00. The molecule has 1 fully saturated rings. The molecule has 0 saturated carbocycles. The second-order valence-electron chi connectivity index (χ2n) is 9.68. The summed E-state index contributed by atoms with van der Waals surface area (Å²) in [5.41, 5.74) is 3.04. The van der Waals surface area contributed by atoms with E-state index in [-0.39, 0.29) is 17.6 Å². The SMILES string of the molecule is CC(=O)NCCNc1nc(-c2ccccc2)nc2[nH]c(C(=O)N3CCC(Cc4ccc(F)cc4)CC3)cc12. The molecular weight excluding hydrogens is 483 g/mol. The molecule has 1 aliphatic rings. The standard InChI is InChI=1S/C29H31FN6O2/c1-19(37)31-13-14-32-27-24-18-25(33-28(24)35-26(34-27)22-5-3-2-4-6-22)29(38)36-15-11-21(12-16-36)17-20-7-9-23(30)10-8-20/h2-10,18,21H,11-17H2,1H3,(H,31,37)(H2,32,33,34,35). The number of rotatable bonds is 8.